The largest absolute Gasteiger partial charge is 0.338 e. The van der Waals surface area contributed by atoms with Crippen LogP contribution in [-0.2, 0) is 0 Å². The first-order valence-corrected chi connectivity index (χ1v) is 9.28. The molecule has 0 aromatic heterocycles. The highest BCUT2D eigenvalue weighted by molar-refractivity contribution is 6.22. The topological polar surface area (TPSA) is 78.5 Å². The van der Waals surface area contributed by atoms with Crippen molar-refractivity contribution in [2.45, 2.75) is 44.6 Å². The van der Waals surface area contributed by atoms with E-state index in [1.807, 2.05) is 0 Å². The fourth-order valence-electron chi connectivity index (χ4n) is 3.45. The zero-order valence-corrected chi connectivity index (χ0v) is 14.8. The van der Waals surface area contributed by atoms with Gasteiger partial charge >= 0.3 is 6.03 Å². The van der Waals surface area contributed by atoms with E-state index in [0.29, 0.717) is 35.7 Å². The van der Waals surface area contributed by atoms with Crippen molar-refractivity contribution in [1.29, 1.82) is 0 Å². The maximum atomic E-state index is 12.7. The van der Waals surface area contributed by atoms with Gasteiger partial charge in [-0.15, -0.1) is 11.6 Å². The first-order chi connectivity index (χ1) is 12.1. The van der Waals surface area contributed by atoms with Crippen molar-refractivity contribution in [3.63, 3.8) is 0 Å². The van der Waals surface area contributed by atoms with Crippen LogP contribution in [0.1, 0.15) is 59.2 Å². The molecule has 7 heteroatoms. The zero-order chi connectivity index (χ0) is 17.8. The summed E-state index contributed by atoms with van der Waals surface area (Å²) in [7, 11) is 0. The molecule has 1 heterocycles. The summed E-state index contributed by atoms with van der Waals surface area (Å²) in [6, 6.07) is 4.49. The predicted molar refractivity (Wildman–Crippen MR) is 96.2 cm³/mol. The molecule has 1 aromatic rings. The normalized spacial score (nSPS) is 17.6. The van der Waals surface area contributed by atoms with Crippen LogP contribution < -0.4 is 10.6 Å². The van der Waals surface area contributed by atoms with Crippen LogP contribution in [0.3, 0.4) is 0 Å². The lowest BCUT2D eigenvalue weighted by molar-refractivity contribution is 0.0549. The van der Waals surface area contributed by atoms with Crippen molar-refractivity contribution in [3.05, 3.63) is 29.3 Å². The minimum absolute atomic E-state index is 0.00332. The quantitative estimate of drug-likeness (QED) is 0.478. The van der Waals surface area contributed by atoms with Gasteiger partial charge in [-0.1, -0.05) is 19.3 Å². The van der Waals surface area contributed by atoms with Crippen LogP contribution in [0.25, 0.3) is 0 Å². The molecule has 0 bridgehead atoms. The molecule has 1 aliphatic carbocycles. The summed E-state index contributed by atoms with van der Waals surface area (Å²) in [5.74, 6) is 0.00957. The number of alkyl halides is 1. The first kappa shape index (κ1) is 17.7. The van der Waals surface area contributed by atoms with Crippen LogP contribution in [0.2, 0.25) is 0 Å². The lowest BCUT2D eigenvalue weighted by Crippen LogP contribution is -2.40. The van der Waals surface area contributed by atoms with Crippen LogP contribution in [0.4, 0.5) is 10.5 Å². The van der Waals surface area contributed by atoms with Crippen molar-refractivity contribution < 1.29 is 14.4 Å². The summed E-state index contributed by atoms with van der Waals surface area (Å²) in [6.07, 6.45) is 5.69. The van der Waals surface area contributed by atoms with E-state index in [2.05, 4.69) is 10.6 Å². The van der Waals surface area contributed by atoms with E-state index in [1.54, 1.807) is 18.2 Å². The minimum atomic E-state index is -0.356. The van der Waals surface area contributed by atoms with Crippen LogP contribution in [0, 0.1) is 0 Å². The Morgan fingerprint density at radius 1 is 1.12 bits per heavy atom. The lowest BCUT2D eigenvalue weighted by atomic mass is 9.94. The first-order valence-electron chi connectivity index (χ1n) is 8.74. The minimum Gasteiger partial charge on any atom is -0.338 e. The second-order valence-electron chi connectivity index (χ2n) is 6.46. The smallest absolute Gasteiger partial charge is 0.319 e. The molecule has 0 unspecified atom stereocenters. The lowest BCUT2D eigenvalue weighted by Gasteiger charge is -2.29. The number of hydrogen-bond donors (Lipinski definition) is 2. The van der Waals surface area contributed by atoms with Gasteiger partial charge < -0.3 is 10.6 Å². The van der Waals surface area contributed by atoms with E-state index in [-0.39, 0.29) is 23.9 Å². The Morgan fingerprint density at radius 2 is 1.84 bits per heavy atom. The van der Waals surface area contributed by atoms with Crippen LogP contribution in [0.5, 0.6) is 0 Å². The molecular weight excluding hydrogens is 342 g/mol. The van der Waals surface area contributed by atoms with Gasteiger partial charge in [0.15, 0.2) is 0 Å². The highest BCUT2D eigenvalue weighted by Gasteiger charge is 2.40. The van der Waals surface area contributed by atoms with Crippen molar-refractivity contribution in [3.8, 4) is 0 Å². The number of nitrogens with one attached hydrogen (secondary N) is 2. The molecule has 1 aromatic carbocycles. The number of carbonyl (C=O) groups excluding carboxylic acids is 3. The summed E-state index contributed by atoms with van der Waals surface area (Å²) in [6.45, 7) is 0.479. The Hall–Kier alpha value is -2.08. The van der Waals surface area contributed by atoms with Gasteiger partial charge in [-0.05, 0) is 37.5 Å². The third-order valence-corrected chi connectivity index (χ3v) is 4.98. The van der Waals surface area contributed by atoms with Crippen LogP contribution >= 0.6 is 11.6 Å². The monoisotopic (exact) mass is 363 g/mol. The molecule has 1 fully saturated rings. The maximum absolute atomic E-state index is 12.7. The molecule has 6 nitrogen and oxygen atoms in total. The zero-order valence-electron chi connectivity index (χ0n) is 14.0. The number of nitrogens with zero attached hydrogens (tertiary/aromatic N) is 1. The maximum Gasteiger partial charge on any atom is 0.319 e. The molecule has 0 spiro atoms. The van der Waals surface area contributed by atoms with Gasteiger partial charge in [-0.2, -0.15) is 0 Å². The van der Waals surface area contributed by atoms with Gasteiger partial charge in [-0.3, -0.25) is 14.5 Å². The Labute approximate surface area is 151 Å². The van der Waals surface area contributed by atoms with E-state index in [0.717, 1.165) is 32.1 Å². The van der Waals surface area contributed by atoms with Crippen molar-refractivity contribution in [1.82, 2.24) is 10.2 Å². The van der Waals surface area contributed by atoms with Gasteiger partial charge in [0.25, 0.3) is 11.8 Å². The Morgan fingerprint density at radius 3 is 2.56 bits per heavy atom. The number of imide groups is 1. The third kappa shape index (κ3) is 3.79. The van der Waals surface area contributed by atoms with Crippen molar-refractivity contribution in [2.24, 2.45) is 0 Å². The van der Waals surface area contributed by atoms with Gasteiger partial charge in [0.2, 0.25) is 0 Å². The van der Waals surface area contributed by atoms with Crippen molar-refractivity contribution >= 4 is 35.1 Å². The van der Waals surface area contributed by atoms with E-state index in [9.17, 15) is 14.4 Å². The molecule has 0 atom stereocenters. The summed E-state index contributed by atoms with van der Waals surface area (Å²) in [4.78, 5) is 38.6. The number of carbonyl (C=O) groups is 3. The molecule has 2 aliphatic rings. The SMILES string of the molecule is O=C(NCCCCl)Nc1ccc2c(c1)C(=O)N(C1CCCCC1)C2=O. The summed E-state index contributed by atoms with van der Waals surface area (Å²) in [5, 5.41) is 5.37. The van der Waals surface area contributed by atoms with E-state index in [4.69, 9.17) is 11.6 Å². The number of benzene rings is 1. The third-order valence-electron chi connectivity index (χ3n) is 4.71. The molecule has 3 rings (SSSR count). The number of amides is 4. The molecule has 134 valence electrons. The molecule has 0 radical (unpaired) electrons. The molecule has 0 saturated heterocycles. The Kier molecular flexibility index (Phi) is 5.58. The molecule has 1 saturated carbocycles. The average Bonchev–Trinajstić information content (AvgIpc) is 2.86. The number of hydrogen-bond acceptors (Lipinski definition) is 3. The fourth-order valence-corrected chi connectivity index (χ4v) is 3.59. The number of anilines is 1. The fraction of sp³-hybridized carbons (Fsp3) is 0.500. The van der Waals surface area contributed by atoms with Gasteiger partial charge in [-0.25, -0.2) is 4.79 Å². The molecule has 25 heavy (non-hydrogen) atoms. The molecule has 1 aliphatic heterocycles. The Balaban J connectivity index is 1.71. The number of fused-ring (bicyclic) bond motifs is 1. The summed E-state index contributed by atoms with van der Waals surface area (Å²) < 4.78 is 0. The predicted octanol–water partition coefficient (Wildman–Crippen LogP) is 3.37. The van der Waals surface area contributed by atoms with E-state index >= 15 is 0 Å². The highest BCUT2D eigenvalue weighted by Crippen LogP contribution is 2.32. The number of rotatable bonds is 5. The standard InChI is InChI=1S/C18H22ClN3O3/c19-9-4-10-20-18(25)21-12-7-8-14-15(11-12)17(24)22(16(14)23)13-5-2-1-3-6-13/h7-8,11,13H,1-6,9-10H2,(H2,20,21,25). The number of urea groups is 1. The van der Waals surface area contributed by atoms with E-state index in [1.165, 1.54) is 4.90 Å². The highest BCUT2D eigenvalue weighted by atomic mass is 35.5. The van der Waals surface area contributed by atoms with Gasteiger partial charge in [0.1, 0.15) is 0 Å². The Bertz CT molecular complexity index is 686. The average molecular weight is 364 g/mol. The van der Waals surface area contributed by atoms with Gasteiger partial charge in [0.05, 0.1) is 11.1 Å². The van der Waals surface area contributed by atoms with E-state index < -0.39 is 0 Å². The van der Waals surface area contributed by atoms with Gasteiger partial charge in [0, 0.05) is 24.2 Å². The summed E-state index contributed by atoms with van der Waals surface area (Å²) in [5.41, 5.74) is 1.28. The van der Waals surface area contributed by atoms with Crippen LogP contribution in [0.15, 0.2) is 18.2 Å². The molecule has 2 N–H and O–H groups in total. The second kappa shape index (κ2) is 7.87. The van der Waals surface area contributed by atoms with Crippen molar-refractivity contribution in [2.75, 3.05) is 17.7 Å². The summed E-state index contributed by atoms with van der Waals surface area (Å²) >= 11 is 5.57. The second-order valence-corrected chi connectivity index (χ2v) is 6.83. The molecular formula is C18H22ClN3O3. The number of halogens is 1. The molecule has 4 amide bonds. The van der Waals surface area contributed by atoms with Crippen LogP contribution in [-0.4, -0.2) is 41.2 Å².